The maximum atomic E-state index is 12.3. The van der Waals surface area contributed by atoms with Crippen molar-refractivity contribution in [3.8, 4) is 6.07 Å². The molecule has 1 heterocycles. The molecule has 0 fully saturated rings. The second-order valence-corrected chi connectivity index (χ2v) is 8.09. The van der Waals surface area contributed by atoms with Gasteiger partial charge in [-0.1, -0.05) is 24.3 Å². The smallest absolute Gasteiger partial charge is 0.248 e. The van der Waals surface area contributed by atoms with Gasteiger partial charge in [0.25, 0.3) is 0 Å². The van der Waals surface area contributed by atoms with E-state index in [1.54, 1.807) is 54.6 Å². The zero-order chi connectivity index (χ0) is 21.4. The number of nitrogens with one attached hydrogen (secondary N) is 2. The fraction of sp³-hybridized carbons (Fsp3) is 0.0909. The highest BCUT2D eigenvalue weighted by Crippen LogP contribution is 2.13. The lowest BCUT2D eigenvalue weighted by atomic mass is 10.1. The summed E-state index contributed by atoms with van der Waals surface area (Å²) in [5, 5.41) is 11.4. The third-order valence-corrected chi connectivity index (χ3v) is 5.56. The van der Waals surface area contributed by atoms with Crippen molar-refractivity contribution in [2.45, 2.75) is 17.9 Å². The Bertz CT molecular complexity index is 1160. The number of furan rings is 1. The number of carbonyl (C=O) groups is 1. The first-order chi connectivity index (χ1) is 14.5. The number of sulfonamides is 1. The molecule has 0 atom stereocenters. The first-order valence-electron chi connectivity index (χ1n) is 9.03. The van der Waals surface area contributed by atoms with E-state index in [0.717, 1.165) is 5.56 Å². The van der Waals surface area contributed by atoms with Gasteiger partial charge in [-0.3, -0.25) is 4.79 Å². The molecule has 152 valence electrons. The van der Waals surface area contributed by atoms with Crippen LogP contribution in [-0.4, -0.2) is 14.3 Å². The number of amides is 1. The van der Waals surface area contributed by atoms with E-state index in [1.807, 2.05) is 0 Å². The van der Waals surface area contributed by atoms with Crippen molar-refractivity contribution in [2.75, 3.05) is 5.32 Å². The van der Waals surface area contributed by atoms with E-state index in [4.69, 9.17) is 9.68 Å². The third kappa shape index (κ3) is 5.91. The number of hydrogen-bond acceptors (Lipinski definition) is 5. The highest BCUT2D eigenvalue weighted by Gasteiger charge is 2.13. The Morgan fingerprint density at radius 1 is 1.07 bits per heavy atom. The average Bonchev–Trinajstić information content (AvgIpc) is 3.27. The Hall–Kier alpha value is -3.67. The minimum absolute atomic E-state index is 0.0641. The van der Waals surface area contributed by atoms with Crippen molar-refractivity contribution >= 4 is 27.7 Å². The van der Waals surface area contributed by atoms with Crippen LogP contribution in [0.25, 0.3) is 6.08 Å². The molecule has 2 N–H and O–H groups in total. The number of rotatable bonds is 8. The molecular formula is C22H19N3O4S. The number of benzene rings is 2. The molecule has 0 bridgehead atoms. The lowest BCUT2D eigenvalue weighted by Crippen LogP contribution is -2.22. The van der Waals surface area contributed by atoms with Gasteiger partial charge < -0.3 is 9.73 Å². The number of anilines is 1. The van der Waals surface area contributed by atoms with Gasteiger partial charge in [0.2, 0.25) is 15.9 Å². The first-order valence-corrected chi connectivity index (χ1v) is 10.5. The molecule has 0 radical (unpaired) electrons. The van der Waals surface area contributed by atoms with E-state index in [1.165, 1.54) is 24.5 Å². The van der Waals surface area contributed by atoms with Crippen LogP contribution in [0.1, 0.15) is 16.9 Å². The quantitative estimate of drug-likeness (QED) is 0.541. The van der Waals surface area contributed by atoms with E-state index in [-0.39, 0.29) is 17.3 Å². The van der Waals surface area contributed by atoms with Gasteiger partial charge in [-0.25, -0.2) is 13.1 Å². The van der Waals surface area contributed by atoms with E-state index < -0.39 is 10.0 Å². The van der Waals surface area contributed by atoms with Crippen LogP contribution in [0.3, 0.4) is 0 Å². The summed E-state index contributed by atoms with van der Waals surface area (Å²) in [6.07, 6.45) is 4.75. The normalized spacial score (nSPS) is 11.3. The number of hydrogen-bond donors (Lipinski definition) is 2. The summed E-state index contributed by atoms with van der Waals surface area (Å²) in [4.78, 5) is 12.2. The molecule has 0 aliphatic rings. The van der Waals surface area contributed by atoms with E-state index >= 15 is 0 Å². The van der Waals surface area contributed by atoms with Gasteiger partial charge in [-0.15, -0.1) is 0 Å². The van der Waals surface area contributed by atoms with Crippen LogP contribution in [0.5, 0.6) is 0 Å². The lowest BCUT2D eigenvalue weighted by molar-refractivity contribution is -0.111. The second kappa shape index (κ2) is 9.69. The zero-order valence-corrected chi connectivity index (χ0v) is 16.7. The molecule has 30 heavy (non-hydrogen) atoms. The summed E-state index contributed by atoms with van der Waals surface area (Å²) < 4.78 is 32.2. The summed E-state index contributed by atoms with van der Waals surface area (Å²) in [6.45, 7) is 0.0641. The van der Waals surface area contributed by atoms with Gasteiger partial charge in [0, 0.05) is 11.8 Å². The largest absolute Gasteiger partial charge is 0.468 e. The summed E-state index contributed by atoms with van der Waals surface area (Å²) in [7, 11) is -3.67. The topological polar surface area (TPSA) is 112 Å². The van der Waals surface area contributed by atoms with E-state index in [9.17, 15) is 13.2 Å². The van der Waals surface area contributed by atoms with Crippen LogP contribution in [0.15, 0.2) is 82.3 Å². The highest BCUT2D eigenvalue weighted by atomic mass is 32.2. The standard InChI is InChI=1S/C22H19N3O4S/c23-14-13-18-3-8-19(9-4-18)25-22(26)12-7-17-5-10-21(11-6-17)30(27,28)24-16-20-2-1-15-29-20/h1-12,15,24H,13,16H2,(H,25,26). The van der Waals surface area contributed by atoms with Gasteiger partial charge in [-0.05, 0) is 53.6 Å². The Kier molecular flexibility index (Phi) is 6.80. The van der Waals surface area contributed by atoms with E-state index in [2.05, 4.69) is 16.1 Å². The van der Waals surface area contributed by atoms with Crippen molar-refractivity contribution in [3.05, 3.63) is 89.9 Å². The Morgan fingerprint density at radius 2 is 1.80 bits per heavy atom. The monoisotopic (exact) mass is 421 g/mol. The van der Waals surface area contributed by atoms with Crippen molar-refractivity contribution in [3.63, 3.8) is 0 Å². The Morgan fingerprint density at radius 3 is 2.43 bits per heavy atom. The van der Waals surface area contributed by atoms with Gasteiger partial charge in [0.05, 0.1) is 30.2 Å². The molecule has 1 amide bonds. The fourth-order valence-corrected chi connectivity index (χ4v) is 3.57. The van der Waals surface area contributed by atoms with Crippen molar-refractivity contribution in [2.24, 2.45) is 0 Å². The number of nitriles is 1. The van der Waals surface area contributed by atoms with Crippen molar-refractivity contribution < 1.29 is 17.6 Å². The highest BCUT2D eigenvalue weighted by molar-refractivity contribution is 7.89. The lowest BCUT2D eigenvalue weighted by Gasteiger charge is -2.06. The predicted octanol–water partition coefficient (Wildman–Crippen LogP) is 3.48. The van der Waals surface area contributed by atoms with Crippen molar-refractivity contribution in [1.29, 1.82) is 5.26 Å². The summed E-state index contributed by atoms with van der Waals surface area (Å²) in [5.41, 5.74) is 2.18. The van der Waals surface area contributed by atoms with Crippen LogP contribution in [0, 0.1) is 11.3 Å². The van der Waals surface area contributed by atoms with Crippen LogP contribution < -0.4 is 10.0 Å². The van der Waals surface area contributed by atoms with Gasteiger partial charge >= 0.3 is 0 Å². The molecule has 0 aliphatic carbocycles. The second-order valence-electron chi connectivity index (χ2n) is 6.33. The SMILES string of the molecule is N#CCc1ccc(NC(=O)C=Cc2ccc(S(=O)(=O)NCc3ccco3)cc2)cc1. The van der Waals surface area contributed by atoms with Gasteiger partial charge in [-0.2, -0.15) is 5.26 Å². The van der Waals surface area contributed by atoms with Crippen molar-refractivity contribution in [1.82, 2.24) is 4.72 Å². The zero-order valence-electron chi connectivity index (χ0n) is 15.9. The van der Waals surface area contributed by atoms with Crippen LogP contribution in [0.2, 0.25) is 0 Å². The third-order valence-electron chi connectivity index (χ3n) is 4.14. The van der Waals surface area contributed by atoms with Crippen LogP contribution in [0.4, 0.5) is 5.69 Å². The molecule has 2 aromatic carbocycles. The van der Waals surface area contributed by atoms with Gasteiger partial charge in [0.1, 0.15) is 5.76 Å². The molecule has 8 heteroatoms. The molecule has 7 nitrogen and oxygen atoms in total. The van der Waals surface area contributed by atoms with Crippen LogP contribution >= 0.6 is 0 Å². The minimum Gasteiger partial charge on any atom is -0.468 e. The average molecular weight is 421 g/mol. The Balaban J connectivity index is 1.57. The molecule has 1 aromatic heterocycles. The number of carbonyl (C=O) groups excluding carboxylic acids is 1. The van der Waals surface area contributed by atoms with Gasteiger partial charge in [0.15, 0.2) is 0 Å². The maximum absolute atomic E-state index is 12.3. The molecule has 0 aliphatic heterocycles. The molecule has 3 rings (SSSR count). The molecule has 0 spiro atoms. The predicted molar refractivity (Wildman–Crippen MR) is 113 cm³/mol. The van der Waals surface area contributed by atoms with E-state index in [0.29, 0.717) is 23.4 Å². The summed E-state index contributed by atoms with van der Waals surface area (Å²) >= 11 is 0. The first kappa shape index (κ1) is 21.0. The van der Waals surface area contributed by atoms with Crippen LogP contribution in [-0.2, 0) is 27.8 Å². The fourth-order valence-electron chi connectivity index (χ4n) is 2.57. The molecule has 0 saturated carbocycles. The molecule has 0 saturated heterocycles. The number of nitrogens with zero attached hydrogens (tertiary/aromatic N) is 1. The molecule has 3 aromatic rings. The molecular weight excluding hydrogens is 402 g/mol. The summed E-state index contributed by atoms with van der Waals surface area (Å²) in [6, 6.07) is 18.6. The minimum atomic E-state index is -3.67. The molecule has 0 unspecified atom stereocenters. The Labute approximate surface area is 174 Å². The maximum Gasteiger partial charge on any atom is 0.248 e. The summed E-state index contributed by atoms with van der Waals surface area (Å²) in [5.74, 6) is 0.198.